The first-order valence-electron chi connectivity index (χ1n) is 6.78. The molecule has 1 aliphatic carbocycles. The summed E-state index contributed by atoms with van der Waals surface area (Å²) in [4.78, 5) is 25.3. The average Bonchev–Trinajstić information content (AvgIpc) is 2.33. The maximum Gasteiger partial charge on any atom is 0.329 e. The fourth-order valence-corrected chi connectivity index (χ4v) is 2.68. The lowest BCUT2D eigenvalue weighted by atomic mass is 9.73. The van der Waals surface area contributed by atoms with E-state index in [0.29, 0.717) is 19.5 Å². The van der Waals surface area contributed by atoms with E-state index in [2.05, 4.69) is 5.32 Å². The Hall–Kier alpha value is -1.26. The number of amides is 2. The third-order valence-corrected chi connectivity index (χ3v) is 4.06. The summed E-state index contributed by atoms with van der Waals surface area (Å²) in [7, 11) is 0. The number of carbonyl (C=O) groups is 2. The third kappa shape index (κ3) is 2.76. The van der Waals surface area contributed by atoms with Crippen molar-refractivity contribution < 1.29 is 14.7 Å². The van der Waals surface area contributed by atoms with Crippen LogP contribution >= 0.6 is 0 Å². The highest BCUT2D eigenvalue weighted by molar-refractivity contribution is 5.86. The Labute approximate surface area is 109 Å². The van der Waals surface area contributed by atoms with Gasteiger partial charge in [-0.1, -0.05) is 19.8 Å². The van der Waals surface area contributed by atoms with Gasteiger partial charge in [0.05, 0.1) is 0 Å². The number of carboxylic acids is 1. The minimum absolute atomic E-state index is 0.0248. The molecule has 0 heterocycles. The molecule has 0 aromatic carbocycles. The monoisotopic (exact) mass is 256 g/mol. The van der Waals surface area contributed by atoms with Gasteiger partial charge in [-0.25, -0.2) is 9.59 Å². The molecule has 5 nitrogen and oxygen atoms in total. The van der Waals surface area contributed by atoms with Gasteiger partial charge in [-0.15, -0.1) is 0 Å². The van der Waals surface area contributed by atoms with Crippen molar-refractivity contribution in [3.05, 3.63) is 0 Å². The van der Waals surface area contributed by atoms with E-state index in [1.54, 1.807) is 4.90 Å². The fraction of sp³-hybridized carbons (Fsp3) is 0.846. The van der Waals surface area contributed by atoms with Crippen LogP contribution in [-0.2, 0) is 4.79 Å². The molecule has 0 saturated heterocycles. The molecule has 18 heavy (non-hydrogen) atoms. The molecule has 0 aromatic rings. The highest BCUT2D eigenvalue weighted by Gasteiger charge is 2.46. The van der Waals surface area contributed by atoms with Crippen LogP contribution in [0.15, 0.2) is 0 Å². The number of urea groups is 1. The van der Waals surface area contributed by atoms with Crippen molar-refractivity contribution in [2.24, 2.45) is 5.92 Å². The standard InChI is InChI=1S/C13H24N2O3/c1-4-15(5-2)12(18)14-13(11(16)17)9-7-6-8-10(13)3/h10H,4-9H2,1-3H3,(H,14,18)(H,16,17). The average molecular weight is 256 g/mol. The van der Waals surface area contributed by atoms with Crippen molar-refractivity contribution in [2.45, 2.75) is 52.0 Å². The molecule has 2 unspecified atom stereocenters. The van der Waals surface area contributed by atoms with Crippen molar-refractivity contribution >= 4 is 12.0 Å². The molecule has 1 aliphatic rings. The molecule has 2 N–H and O–H groups in total. The molecule has 0 bridgehead atoms. The molecule has 0 radical (unpaired) electrons. The van der Waals surface area contributed by atoms with Crippen LogP contribution in [0.1, 0.15) is 46.5 Å². The van der Waals surface area contributed by atoms with Gasteiger partial charge in [0.15, 0.2) is 0 Å². The highest BCUT2D eigenvalue weighted by atomic mass is 16.4. The van der Waals surface area contributed by atoms with E-state index in [-0.39, 0.29) is 11.9 Å². The smallest absolute Gasteiger partial charge is 0.329 e. The van der Waals surface area contributed by atoms with E-state index < -0.39 is 11.5 Å². The molecule has 0 spiro atoms. The summed E-state index contributed by atoms with van der Waals surface area (Å²) in [6, 6.07) is -0.267. The van der Waals surface area contributed by atoms with Crippen LogP contribution in [0, 0.1) is 5.92 Å². The molecule has 2 amide bonds. The SMILES string of the molecule is CCN(CC)C(=O)NC1(C(=O)O)CCCCC1C. The molecular weight excluding hydrogens is 232 g/mol. The second kappa shape index (κ2) is 6.07. The van der Waals surface area contributed by atoms with Crippen LogP contribution in [0.4, 0.5) is 4.79 Å². The number of carboxylic acid groups (broad SMARTS) is 1. The van der Waals surface area contributed by atoms with Crippen LogP contribution in [0.5, 0.6) is 0 Å². The summed E-state index contributed by atoms with van der Waals surface area (Å²) in [6.07, 6.45) is 3.27. The number of nitrogens with one attached hydrogen (secondary N) is 1. The molecule has 1 rings (SSSR count). The first-order chi connectivity index (χ1) is 8.47. The van der Waals surface area contributed by atoms with Gasteiger partial charge in [0.2, 0.25) is 0 Å². The molecule has 0 aliphatic heterocycles. The van der Waals surface area contributed by atoms with E-state index in [9.17, 15) is 14.7 Å². The van der Waals surface area contributed by atoms with E-state index in [1.165, 1.54) is 0 Å². The second-order valence-corrected chi connectivity index (χ2v) is 5.03. The van der Waals surface area contributed by atoms with Gasteiger partial charge in [0.1, 0.15) is 5.54 Å². The Kier molecular flexibility index (Phi) is 4.99. The van der Waals surface area contributed by atoms with Crippen molar-refractivity contribution in [1.82, 2.24) is 10.2 Å². The summed E-state index contributed by atoms with van der Waals surface area (Å²) in [5.41, 5.74) is -1.09. The van der Waals surface area contributed by atoms with Gasteiger partial charge in [-0.2, -0.15) is 0 Å². The summed E-state index contributed by atoms with van der Waals surface area (Å²) >= 11 is 0. The summed E-state index contributed by atoms with van der Waals surface area (Å²) in [5.74, 6) is -0.932. The van der Waals surface area contributed by atoms with Crippen molar-refractivity contribution in [1.29, 1.82) is 0 Å². The van der Waals surface area contributed by atoms with Crippen molar-refractivity contribution in [3.63, 3.8) is 0 Å². The Balaban J connectivity index is 2.86. The predicted octanol–water partition coefficient (Wildman–Crippen LogP) is 2.07. The number of aliphatic carboxylic acids is 1. The Morgan fingerprint density at radius 1 is 1.33 bits per heavy atom. The highest BCUT2D eigenvalue weighted by Crippen LogP contribution is 2.34. The van der Waals surface area contributed by atoms with Crippen molar-refractivity contribution in [2.75, 3.05) is 13.1 Å². The molecule has 2 atom stereocenters. The quantitative estimate of drug-likeness (QED) is 0.809. The first kappa shape index (κ1) is 14.8. The zero-order valence-corrected chi connectivity index (χ0v) is 11.5. The summed E-state index contributed by atoms with van der Waals surface area (Å²) in [5, 5.41) is 12.3. The zero-order valence-electron chi connectivity index (χ0n) is 11.5. The minimum atomic E-state index is -1.09. The van der Waals surface area contributed by atoms with E-state index in [4.69, 9.17) is 0 Å². The third-order valence-electron chi connectivity index (χ3n) is 4.06. The van der Waals surface area contributed by atoms with E-state index >= 15 is 0 Å². The van der Waals surface area contributed by atoms with E-state index in [1.807, 2.05) is 20.8 Å². The number of carbonyl (C=O) groups excluding carboxylic acids is 1. The topological polar surface area (TPSA) is 69.6 Å². The van der Waals surface area contributed by atoms with Crippen LogP contribution in [0.25, 0.3) is 0 Å². The Morgan fingerprint density at radius 2 is 1.94 bits per heavy atom. The lowest BCUT2D eigenvalue weighted by molar-refractivity contribution is -0.148. The first-order valence-corrected chi connectivity index (χ1v) is 6.78. The Morgan fingerprint density at radius 3 is 2.39 bits per heavy atom. The van der Waals surface area contributed by atoms with Gasteiger partial charge in [-0.3, -0.25) is 0 Å². The lowest BCUT2D eigenvalue weighted by Gasteiger charge is -2.40. The Bertz CT molecular complexity index is 315. The molecule has 5 heteroatoms. The van der Waals surface area contributed by atoms with Crippen LogP contribution in [0.2, 0.25) is 0 Å². The zero-order chi connectivity index (χ0) is 13.8. The van der Waals surface area contributed by atoms with Crippen LogP contribution < -0.4 is 5.32 Å². The van der Waals surface area contributed by atoms with E-state index in [0.717, 1.165) is 19.3 Å². The van der Waals surface area contributed by atoms with Crippen LogP contribution in [-0.4, -0.2) is 40.6 Å². The van der Waals surface area contributed by atoms with Crippen molar-refractivity contribution in [3.8, 4) is 0 Å². The molecular formula is C13H24N2O3. The summed E-state index contributed by atoms with van der Waals surface area (Å²) < 4.78 is 0. The molecule has 1 saturated carbocycles. The minimum Gasteiger partial charge on any atom is -0.479 e. The number of hydrogen-bond acceptors (Lipinski definition) is 2. The number of rotatable bonds is 4. The van der Waals surface area contributed by atoms with Gasteiger partial charge in [-0.05, 0) is 32.6 Å². The van der Waals surface area contributed by atoms with Gasteiger partial charge in [0, 0.05) is 13.1 Å². The molecule has 1 fully saturated rings. The fourth-order valence-electron chi connectivity index (χ4n) is 2.68. The molecule has 104 valence electrons. The maximum atomic E-state index is 12.1. The van der Waals surface area contributed by atoms with Gasteiger partial charge in [0.25, 0.3) is 0 Å². The lowest BCUT2D eigenvalue weighted by Crippen LogP contribution is -2.62. The normalized spacial score (nSPS) is 27.6. The van der Waals surface area contributed by atoms with Gasteiger partial charge < -0.3 is 15.3 Å². The molecule has 0 aromatic heterocycles. The van der Waals surface area contributed by atoms with Crippen LogP contribution in [0.3, 0.4) is 0 Å². The van der Waals surface area contributed by atoms with Gasteiger partial charge >= 0.3 is 12.0 Å². The number of hydrogen-bond donors (Lipinski definition) is 2. The number of nitrogens with zero attached hydrogens (tertiary/aromatic N) is 1. The predicted molar refractivity (Wildman–Crippen MR) is 69.5 cm³/mol. The second-order valence-electron chi connectivity index (χ2n) is 5.03. The largest absolute Gasteiger partial charge is 0.479 e. The summed E-state index contributed by atoms with van der Waals surface area (Å²) in [6.45, 7) is 6.87. The maximum absolute atomic E-state index is 12.1.